The van der Waals surface area contributed by atoms with Gasteiger partial charge in [-0.25, -0.2) is 0 Å². The van der Waals surface area contributed by atoms with Crippen molar-refractivity contribution in [2.75, 3.05) is 45.9 Å². The van der Waals surface area contributed by atoms with Crippen molar-refractivity contribution in [3.63, 3.8) is 0 Å². The quantitative estimate of drug-likeness (QED) is 0.208. The molecule has 2 fully saturated rings. The number of benzene rings is 3. The smallest absolute Gasteiger partial charge is 0.123 e. The largest absolute Gasteiger partial charge is 0.492 e. The van der Waals surface area contributed by atoms with Crippen LogP contribution in [0.5, 0.6) is 11.5 Å². The van der Waals surface area contributed by atoms with E-state index in [0.717, 1.165) is 50.6 Å². The van der Waals surface area contributed by atoms with Gasteiger partial charge in [0.05, 0.1) is 0 Å². The molecule has 1 atom stereocenters. The molecule has 1 aromatic heterocycles. The Hall–Kier alpha value is -2.86. The Kier molecular flexibility index (Phi) is 8.48. The lowest BCUT2D eigenvalue weighted by atomic mass is 10.00. The normalized spacial score (nSPS) is 18.5. The van der Waals surface area contributed by atoms with Gasteiger partial charge in [0, 0.05) is 29.1 Å². The van der Waals surface area contributed by atoms with Gasteiger partial charge in [-0.1, -0.05) is 37.3 Å². The fourth-order valence-corrected chi connectivity index (χ4v) is 7.09. The average molecular weight is 541 g/mol. The molecule has 0 aliphatic carbocycles. The highest BCUT2D eigenvalue weighted by atomic mass is 32.1. The highest BCUT2D eigenvalue weighted by Gasteiger charge is 2.21. The first-order chi connectivity index (χ1) is 19.2. The summed E-state index contributed by atoms with van der Waals surface area (Å²) >= 11 is 1.87. The highest BCUT2D eigenvalue weighted by Crippen LogP contribution is 2.37. The summed E-state index contributed by atoms with van der Waals surface area (Å²) in [5.41, 5.74) is 3.86. The molecule has 5 heteroatoms. The van der Waals surface area contributed by atoms with Crippen LogP contribution in [-0.2, 0) is 6.42 Å². The number of hydrogen-bond acceptors (Lipinski definition) is 5. The monoisotopic (exact) mass is 540 g/mol. The first-order valence-electron chi connectivity index (χ1n) is 14.7. The number of likely N-dealkylation sites (tertiary alicyclic amines) is 2. The molecule has 0 spiro atoms. The maximum atomic E-state index is 6.59. The van der Waals surface area contributed by atoms with E-state index in [1.807, 2.05) is 11.3 Å². The van der Waals surface area contributed by atoms with Crippen LogP contribution in [0.15, 0.2) is 72.8 Å². The van der Waals surface area contributed by atoms with Crippen molar-refractivity contribution in [2.45, 2.75) is 45.1 Å². The van der Waals surface area contributed by atoms with Crippen LogP contribution in [0.1, 0.15) is 43.7 Å². The van der Waals surface area contributed by atoms with E-state index in [1.165, 1.54) is 70.6 Å². The van der Waals surface area contributed by atoms with Gasteiger partial charge in [-0.2, -0.15) is 0 Å². The van der Waals surface area contributed by atoms with Gasteiger partial charge in [0.2, 0.25) is 0 Å². The Balaban J connectivity index is 1.15. The molecular formula is C34H40N2O2S. The molecule has 2 saturated heterocycles. The number of nitrogens with zero attached hydrogens (tertiary/aromatic N) is 2. The summed E-state index contributed by atoms with van der Waals surface area (Å²) in [6, 6.07) is 26.3. The molecule has 39 heavy (non-hydrogen) atoms. The third-order valence-corrected chi connectivity index (χ3v) is 9.37. The molecule has 0 radical (unpaired) electrons. The Bertz CT molecular complexity index is 1360. The summed E-state index contributed by atoms with van der Waals surface area (Å²) in [7, 11) is 0. The Morgan fingerprint density at radius 3 is 2.49 bits per heavy atom. The van der Waals surface area contributed by atoms with Crippen LogP contribution in [-0.4, -0.2) is 61.8 Å². The van der Waals surface area contributed by atoms with E-state index in [1.54, 1.807) is 0 Å². The number of piperidine rings is 1. The van der Waals surface area contributed by atoms with Crippen LogP contribution in [0.4, 0.5) is 0 Å². The van der Waals surface area contributed by atoms with Crippen LogP contribution in [0.2, 0.25) is 0 Å². The molecule has 1 unspecified atom stereocenters. The molecule has 2 aliphatic rings. The zero-order chi connectivity index (χ0) is 26.4. The van der Waals surface area contributed by atoms with Crippen LogP contribution < -0.4 is 9.47 Å². The molecule has 0 bridgehead atoms. The minimum atomic E-state index is 0.274. The molecule has 204 valence electrons. The predicted molar refractivity (Wildman–Crippen MR) is 163 cm³/mol. The number of fused-ring (bicyclic) bond motifs is 1. The molecule has 3 heterocycles. The van der Waals surface area contributed by atoms with E-state index in [0.29, 0.717) is 0 Å². The van der Waals surface area contributed by atoms with E-state index < -0.39 is 0 Å². The van der Waals surface area contributed by atoms with Crippen LogP contribution >= 0.6 is 11.3 Å². The molecule has 3 aromatic carbocycles. The topological polar surface area (TPSA) is 24.9 Å². The summed E-state index contributed by atoms with van der Waals surface area (Å²) in [5.74, 6) is 1.99. The summed E-state index contributed by atoms with van der Waals surface area (Å²) in [6.07, 6.45) is 6.14. The van der Waals surface area contributed by atoms with Crippen molar-refractivity contribution in [3.05, 3.63) is 83.9 Å². The number of ether oxygens (including phenoxy) is 2. The maximum Gasteiger partial charge on any atom is 0.123 e. The second-order valence-corrected chi connectivity index (χ2v) is 12.0. The van der Waals surface area contributed by atoms with Gasteiger partial charge in [0.15, 0.2) is 0 Å². The summed E-state index contributed by atoms with van der Waals surface area (Å²) in [6.45, 7) is 9.76. The van der Waals surface area contributed by atoms with Gasteiger partial charge < -0.3 is 9.47 Å². The molecule has 4 aromatic rings. The summed E-state index contributed by atoms with van der Waals surface area (Å²) in [5, 5.41) is 1.34. The van der Waals surface area contributed by atoms with Crippen LogP contribution in [0.25, 0.3) is 20.5 Å². The molecule has 2 aliphatic heterocycles. The lowest BCUT2D eigenvalue weighted by Gasteiger charge is -2.32. The van der Waals surface area contributed by atoms with Gasteiger partial charge in [-0.05, 0) is 116 Å². The van der Waals surface area contributed by atoms with E-state index in [-0.39, 0.29) is 6.10 Å². The van der Waals surface area contributed by atoms with Crippen molar-refractivity contribution in [2.24, 2.45) is 0 Å². The fraction of sp³-hybridized carbons (Fsp3) is 0.412. The minimum absolute atomic E-state index is 0.274. The average Bonchev–Trinajstić information content (AvgIpc) is 3.65. The number of hydrogen-bond donors (Lipinski definition) is 0. The van der Waals surface area contributed by atoms with Gasteiger partial charge in [-0.3, -0.25) is 9.80 Å². The van der Waals surface area contributed by atoms with E-state index in [9.17, 15) is 0 Å². The lowest BCUT2D eigenvalue weighted by molar-refractivity contribution is 0.0913. The third-order valence-electron chi connectivity index (χ3n) is 8.22. The first-order valence-corrected chi connectivity index (χ1v) is 15.5. The van der Waals surface area contributed by atoms with Crippen molar-refractivity contribution in [1.82, 2.24) is 9.80 Å². The molecular weight excluding hydrogens is 500 g/mol. The Morgan fingerprint density at radius 2 is 1.64 bits per heavy atom. The van der Waals surface area contributed by atoms with Crippen molar-refractivity contribution in [1.29, 1.82) is 0 Å². The number of para-hydroxylation sites is 1. The molecule has 0 N–H and O–H groups in total. The zero-order valence-electron chi connectivity index (χ0n) is 23.1. The second-order valence-electron chi connectivity index (χ2n) is 10.9. The first kappa shape index (κ1) is 26.4. The van der Waals surface area contributed by atoms with Crippen LogP contribution in [0, 0.1) is 0 Å². The Morgan fingerprint density at radius 1 is 0.846 bits per heavy atom. The van der Waals surface area contributed by atoms with E-state index in [4.69, 9.17) is 9.47 Å². The summed E-state index contributed by atoms with van der Waals surface area (Å²) in [4.78, 5) is 6.29. The Labute approximate surface area is 237 Å². The SMILES string of the molecule is CCN1CCCC(Oc2ccccc2Cc2cccc3sc(-c4ccc(OCCN5CCCC5)cc4)cc23)C1. The standard InChI is InChI=1S/C34H40N2O2S/c1-2-35-20-8-11-30(25-35)38-32-12-4-3-9-28(32)23-27-10-7-13-33-31(27)24-34(39-33)26-14-16-29(17-15-26)37-22-21-36-18-5-6-19-36/h3-4,7,9-10,12-17,24,30H,2,5-6,8,11,18-23,25H2,1H3. The second kappa shape index (κ2) is 12.5. The van der Waals surface area contributed by atoms with Gasteiger partial charge in [0.1, 0.15) is 24.2 Å². The van der Waals surface area contributed by atoms with E-state index in [2.05, 4.69) is 89.5 Å². The van der Waals surface area contributed by atoms with Crippen LogP contribution in [0.3, 0.4) is 0 Å². The number of likely N-dealkylation sites (N-methyl/N-ethyl adjacent to an activating group) is 1. The highest BCUT2D eigenvalue weighted by molar-refractivity contribution is 7.22. The van der Waals surface area contributed by atoms with Crippen molar-refractivity contribution < 1.29 is 9.47 Å². The summed E-state index contributed by atoms with van der Waals surface area (Å²) < 4.78 is 14.0. The molecule has 0 saturated carbocycles. The molecule has 4 nitrogen and oxygen atoms in total. The maximum absolute atomic E-state index is 6.59. The van der Waals surface area contributed by atoms with Gasteiger partial charge >= 0.3 is 0 Å². The van der Waals surface area contributed by atoms with Crippen molar-refractivity contribution >= 4 is 21.4 Å². The molecule has 6 rings (SSSR count). The van der Waals surface area contributed by atoms with E-state index >= 15 is 0 Å². The number of rotatable bonds is 10. The number of thiophene rings is 1. The van der Waals surface area contributed by atoms with Crippen molar-refractivity contribution in [3.8, 4) is 21.9 Å². The molecule has 0 amide bonds. The van der Waals surface area contributed by atoms with Gasteiger partial charge in [-0.15, -0.1) is 11.3 Å². The minimum Gasteiger partial charge on any atom is -0.492 e. The van der Waals surface area contributed by atoms with Gasteiger partial charge in [0.25, 0.3) is 0 Å². The zero-order valence-corrected chi connectivity index (χ0v) is 23.9. The lowest BCUT2D eigenvalue weighted by Crippen LogP contribution is -2.40. The predicted octanol–water partition coefficient (Wildman–Crippen LogP) is 7.50. The fourth-order valence-electron chi connectivity index (χ4n) is 5.98. The third kappa shape index (κ3) is 6.49.